The molecular weight excluding hydrogens is 297 g/mol. The molecule has 1 rings (SSSR count). The van der Waals surface area contributed by atoms with Gasteiger partial charge in [0.2, 0.25) is 0 Å². The molecule has 0 radical (unpaired) electrons. The average Bonchev–Trinajstić information content (AvgIpc) is 2.46. The Morgan fingerprint density at radius 1 is 1.14 bits per heavy atom. The minimum atomic E-state index is -4.29. The zero-order chi connectivity index (χ0) is 15.9. The van der Waals surface area contributed by atoms with Crippen LogP contribution in [0.3, 0.4) is 0 Å². The number of hydrogen-bond donors (Lipinski definition) is 1. The van der Waals surface area contributed by atoms with Crippen molar-refractivity contribution < 1.29 is 13.2 Å². The number of hydrogen-bond acceptors (Lipinski definition) is 3. The van der Waals surface area contributed by atoms with Gasteiger partial charge >= 0.3 is 6.18 Å². The third-order valence-electron chi connectivity index (χ3n) is 3.41. The lowest BCUT2D eigenvalue weighted by atomic mass is 10.1. The molecule has 0 bridgehead atoms. The predicted octanol–water partition coefficient (Wildman–Crippen LogP) is 3.78. The smallest absolute Gasteiger partial charge is 0.323 e. The van der Waals surface area contributed by atoms with Gasteiger partial charge < -0.3 is 10.6 Å². The fourth-order valence-electron chi connectivity index (χ4n) is 1.96. The van der Waals surface area contributed by atoms with Crippen molar-refractivity contribution in [3.8, 4) is 0 Å². The summed E-state index contributed by atoms with van der Waals surface area (Å²) >= 11 is 1.74. The number of nitrogens with zero attached hydrogens (tertiary/aromatic N) is 1. The Hall–Kier alpha value is -0.720. The van der Waals surface area contributed by atoms with Gasteiger partial charge in [-0.1, -0.05) is 26.0 Å². The van der Waals surface area contributed by atoms with E-state index in [4.69, 9.17) is 5.73 Å². The van der Waals surface area contributed by atoms with Crippen molar-refractivity contribution in [1.82, 2.24) is 4.90 Å². The predicted molar refractivity (Wildman–Crippen MR) is 83.5 cm³/mol. The monoisotopic (exact) mass is 320 g/mol. The largest absolute Gasteiger partial charge is 0.416 e. The number of nitrogens with two attached hydrogens (primary N) is 1. The summed E-state index contributed by atoms with van der Waals surface area (Å²) in [4.78, 5) is 2.33. The van der Waals surface area contributed by atoms with Crippen LogP contribution in [0.15, 0.2) is 24.3 Å². The third-order valence-corrected chi connectivity index (χ3v) is 4.48. The Morgan fingerprint density at radius 3 is 2.19 bits per heavy atom. The van der Waals surface area contributed by atoms with Crippen LogP contribution in [0, 0.1) is 0 Å². The summed E-state index contributed by atoms with van der Waals surface area (Å²) in [5, 5.41) is 0. The number of thioether (sulfide) groups is 1. The fourth-order valence-corrected chi connectivity index (χ4v) is 2.96. The van der Waals surface area contributed by atoms with Crippen molar-refractivity contribution in [2.45, 2.75) is 26.1 Å². The first-order chi connectivity index (χ1) is 9.88. The van der Waals surface area contributed by atoms with Crippen molar-refractivity contribution >= 4 is 11.8 Å². The second-order valence-corrected chi connectivity index (χ2v) is 5.98. The Labute approximate surface area is 128 Å². The van der Waals surface area contributed by atoms with Crippen molar-refractivity contribution in [3.63, 3.8) is 0 Å². The molecule has 0 saturated heterocycles. The van der Waals surface area contributed by atoms with E-state index in [2.05, 4.69) is 18.7 Å². The van der Waals surface area contributed by atoms with Gasteiger partial charge in [0.05, 0.1) is 5.56 Å². The molecule has 0 aliphatic heterocycles. The van der Waals surface area contributed by atoms with Crippen molar-refractivity contribution in [2.75, 3.05) is 31.1 Å². The topological polar surface area (TPSA) is 29.3 Å². The summed E-state index contributed by atoms with van der Waals surface area (Å²) in [7, 11) is 0. The van der Waals surface area contributed by atoms with Crippen LogP contribution >= 0.6 is 11.8 Å². The highest BCUT2D eigenvalue weighted by Gasteiger charge is 2.30. The summed E-state index contributed by atoms with van der Waals surface area (Å²) in [5.74, 6) is 1.70. The maximum Gasteiger partial charge on any atom is 0.416 e. The summed E-state index contributed by atoms with van der Waals surface area (Å²) in [6.07, 6.45) is -4.29. The van der Waals surface area contributed by atoms with Crippen LogP contribution in [0.4, 0.5) is 13.2 Å². The van der Waals surface area contributed by atoms with E-state index >= 15 is 0 Å². The second kappa shape index (κ2) is 8.66. The lowest BCUT2D eigenvalue weighted by Gasteiger charge is -2.18. The van der Waals surface area contributed by atoms with Gasteiger partial charge in [-0.05, 0) is 30.8 Å². The molecule has 6 heteroatoms. The maximum absolute atomic E-state index is 12.5. The van der Waals surface area contributed by atoms with E-state index in [9.17, 15) is 13.2 Å². The van der Waals surface area contributed by atoms with Crippen LogP contribution in [0.2, 0.25) is 0 Å². The molecule has 1 atom stereocenters. The van der Waals surface area contributed by atoms with Gasteiger partial charge in [0.25, 0.3) is 0 Å². The zero-order valence-electron chi connectivity index (χ0n) is 12.5. The van der Waals surface area contributed by atoms with Crippen LogP contribution in [0.25, 0.3) is 0 Å². The second-order valence-electron chi connectivity index (χ2n) is 4.83. The number of alkyl halides is 3. The molecule has 0 spiro atoms. The van der Waals surface area contributed by atoms with Gasteiger partial charge in [-0.2, -0.15) is 24.9 Å². The normalized spacial score (nSPS) is 13.7. The quantitative estimate of drug-likeness (QED) is 0.739. The minimum Gasteiger partial charge on any atom is -0.323 e. The first-order valence-electron chi connectivity index (χ1n) is 7.11. The Kier molecular flexibility index (Phi) is 7.56. The molecule has 0 fully saturated rings. The molecule has 0 amide bonds. The van der Waals surface area contributed by atoms with Crippen molar-refractivity contribution in [2.24, 2.45) is 5.73 Å². The Bertz CT molecular complexity index is 402. The van der Waals surface area contributed by atoms with E-state index in [0.717, 1.165) is 43.1 Å². The van der Waals surface area contributed by atoms with Gasteiger partial charge in [-0.15, -0.1) is 0 Å². The summed E-state index contributed by atoms with van der Waals surface area (Å²) in [6, 6.07) is 4.90. The van der Waals surface area contributed by atoms with Gasteiger partial charge in [0, 0.05) is 24.1 Å². The minimum absolute atomic E-state index is 0.228. The molecular formula is C15H23F3N2S. The molecule has 21 heavy (non-hydrogen) atoms. The molecule has 0 aliphatic rings. The zero-order valence-corrected chi connectivity index (χ0v) is 13.3. The van der Waals surface area contributed by atoms with E-state index in [-0.39, 0.29) is 6.04 Å². The fraction of sp³-hybridized carbons (Fsp3) is 0.600. The van der Waals surface area contributed by atoms with E-state index in [0.29, 0.717) is 5.75 Å². The first kappa shape index (κ1) is 18.3. The van der Waals surface area contributed by atoms with Crippen LogP contribution in [-0.2, 0) is 6.18 Å². The van der Waals surface area contributed by atoms with Crippen LogP contribution < -0.4 is 5.73 Å². The number of rotatable bonds is 8. The van der Waals surface area contributed by atoms with Crippen molar-refractivity contribution in [1.29, 1.82) is 0 Å². The molecule has 2 nitrogen and oxygen atoms in total. The molecule has 0 aromatic heterocycles. The molecule has 120 valence electrons. The van der Waals surface area contributed by atoms with E-state index < -0.39 is 11.7 Å². The third kappa shape index (κ3) is 6.28. The lowest BCUT2D eigenvalue weighted by molar-refractivity contribution is -0.137. The maximum atomic E-state index is 12.5. The summed E-state index contributed by atoms with van der Waals surface area (Å²) < 4.78 is 37.4. The standard InChI is InChI=1S/C15H23F3N2S/c1-3-20(4-2)9-10-21-11-14(19)12-5-7-13(8-6-12)15(16,17)18/h5-8,14H,3-4,9-11,19H2,1-2H3. The Morgan fingerprint density at radius 2 is 1.71 bits per heavy atom. The van der Waals surface area contributed by atoms with Crippen LogP contribution in [0.1, 0.15) is 31.0 Å². The summed E-state index contributed by atoms with van der Waals surface area (Å²) in [6.45, 7) is 7.33. The van der Waals surface area contributed by atoms with Crippen LogP contribution in [0.5, 0.6) is 0 Å². The molecule has 2 N–H and O–H groups in total. The first-order valence-corrected chi connectivity index (χ1v) is 8.26. The van der Waals surface area contributed by atoms with Gasteiger partial charge in [-0.3, -0.25) is 0 Å². The highest BCUT2D eigenvalue weighted by molar-refractivity contribution is 7.99. The highest BCUT2D eigenvalue weighted by Crippen LogP contribution is 2.30. The van der Waals surface area contributed by atoms with Gasteiger partial charge in [0.15, 0.2) is 0 Å². The molecule has 1 aromatic carbocycles. The van der Waals surface area contributed by atoms with Crippen molar-refractivity contribution in [3.05, 3.63) is 35.4 Å². The average molecular weight is 320 g/mol. The lowest BCUT2D eigenvalue weighted by Crippen LogP contribution is -2.25. The summed E-state index contributed by atoms with van der Waals surface area (Å²) in [5.41, 5.74) is 6.14. The van der Waals surface area contributed by atoms with Gasteiger partial charge in [-0.25, -0.2) is 0 Å². The van der Waals surface area contributed by atoms with E-state index in [1.165, 1.54) is 12.1 Å². The SMILES string of the molecule is CCN(CC)CCSCC(N)c1ccc(C(F)(F)F)cc1. The molecule has 0 heterocycles. The molecule has 1 unspecified atom stereocenters. The molecule has 1 aromatic rings. The highest BCUT2D eigenvalue weighted by atomic mass is 32.2. The molecule has 0 saturated carbocycles. The molecule has 0 aliphatic carbocycles. The Balaban J connectivity index is 2.40. The number of halogens is 3. The number of benzene rings is 1. The van der Waals surface area contributed by atoms with E-state index in [1.807, 2.05) is 0 Å². The van der Waals surface area contributed by atoms with Gasteiger partial charge in [0.1, 0.15) is 0 Å². The van der Waals surface area contributed by atoms with E-state index in [1.54, 1.807) is 11.8 Å². The van der Waals surface area contributed by atoms with Crippen LogP contribution in [-0.4, -0.2) is 36.0 Å².